The first-order chi connectivity index (χ1) is 10.6. The second-order valence-electron chi connectivity index (χ2n) is 5.12. The van der Waals surface area contributed by atoms with Gasteiger partial charge < -0.3 is 15.6 Å². The molecule has 2 rings (SSSR count). The van der Waals surface area contributed by atoms with Crippen molar-refractivity contribution in [1.29, 1.82) is 0 Å². The van der Waals surface area contributed by atoms with Crippen molar-refractivity contribution in [2.24, 2.45) is 11.1 Å². The van der Waals surface area contributed by atoms with Gasteiger partial charge in [0.15, 0.2) is 0 Å². The van der Waals surface area contributed by atoms with E-state index in [-0.39, 0.29) is 12.5 Å². The number of rotatable bonds is 7. The first kappa shape index (κ1) is 16.1. The van der Waals surface area contributed by atoms with Crippen molar-refractivity contribution in [2.45, 2.75) is 33.2 Å². The molecule has 22 heavy (non-hydrogen) atoms. The highest BCUT2D eigenvalue weighted by molar-refractivity contribution is 5.82. The standard InChI is InChI=1S/C15H21N5O2/c1-3-15(4-2,10-16)14(21)18-9-12-19-13(20-22-12)11-5-7-17-8-6-11/h5-8H,3-4,9-10,16H2,1-2H3,(H,18,21). The molecule has 0 fully saturated rings. The summed E-state index contributed by atoms with van der Waals surface area (Å²) in [5, 5.41) is 6.73. The topological polar surface area (TPSA) is 107 Å². The van der Waals surface area contributed by atoms with E-state index in [4.69, 9.17) is 10.3 Å². The number of pyridine rings is 1. The van der Waals surface area contributed by atoms with Crippen LogP contribution in [-0.4, -0.2) is 27.6 Å². The van der Waals surface area contributed by atoms with Gasteiger partial charge in [-0.3, -0.25) is 9.78 Å². The van der Waals surface area contributed by atoms with Crippen LogP contribution in [0.1, 0.15) is 32.6 Å². The second kappa shape index (κ2) is 7.13. The zero-order valence-corrected chi connectivity index (χ0v) is 12.9. The van der Waals surface area contributed by atoms with Crippen molar-refractivity contribution in [3.8, 4) is 11.4 Å². The van der Waals surface area contributed by atoms with Crippen molar-refractivity contribution in [1.82, 2.24) is 20.4 Å². The highest BCUT2D eigenvalue weighted by Crippen LogP contribution is 2.25. The molecule has 0 radical (unpaired) electrons. The van der Waals surface area contributed by atoms with Crippen LogP contribution < -0.4 is 11.1 Å². The van der Waals surface area contributed by atoms with Crippen LogP contribution in [0.15, 0.2) is 29.0 Å². The summed E-state index contributed by atoms with van der Waals surface area (Å²) in [5.74, 6) is 0.754. The lowest BCUT2D eigenvalue weighted by Crippen LogP contribution is -2.45. The number of hydrogen-bond donors (Lipinski definition) is 2. The molecule has 2 heterocycles. The fraction of sp³-hybridized carbons (Fsp3) is 0.467. The average Bonchev–Trinajstić information content (AvgIpc) is 3.05. The van der Waals surface area contributed by atoms with E-state index in [2.05, 4.69) is 20.4 Å². The lowest BCUT2D eigenvalue weighted by atomic mass is 9.81. The number of amides is 1. The average molecular weight is 303 g/mol. The molecule has 0 saturated heterocycles. The van der Waals surface area contributed by atoms with Crippen molar-refractivity contribution in [3.05, 3.63) is 30.4 Å². The summed E-state index contributed by atoms with van der Waals surface area (Å²) in [6.45, 7) is 4.44. The molecule has 118 valence electrons. The van der Waals surface area contributed by atoms with Gasteiger partial charge in [0.2, 0.25) is 17.6 Å². The zero-order chi connectivity index (χ0) is 16.0. The van der Waals surface area contributed by atoms with E-state index in [1.165, 1.54) is 0 Å². The van der Waals surface area contributed by atoms with E-state index >= 15 is 0 Å². The van der Waals surface area contributed by atoms with Crippen molar-refractivity contribution >= 4 is 5.91 Å². The predicted octanol–water partition coefficient (Wildman–Crippen LogP) is 1.51. The van der Waals surface area contributed by atoms with Crippen LogP contribution in [0.5, 0.6) is 0 Å². The van der Waals surface area contributed by atoms with Gasteiger partial charge in [0.1, 0.15) is 0 Å². The lowest BCUT2D eigenvalue weighted by Gasteiger charge is -2.28. The molecule has 3 N–H and O–H groups in total. The molecule has 0 aliphatic rings. The third-order valence-corrected chi connectivity index (χ3v) is 4.03. The Balaban J connectivity index is 2.01. The third-order valence-electron chi connectivity index (χ3n) is 4.03. The number of hydrogen-bond acceptors (Lipinski definition) is 6. The summed E-state index contributed by atoms with van der Waals surface area (Å²) in [7, 11) is 0. The molecule has 0 spiro atoms. The van der Waals surface area contributed by atoms with Crippen LogP contribution in [0.4, 0.5) is 0 Å². The van der Waals surface area contributed by atoms with E-state index in [1.807, 2.05) is 13.8 Å². The minimum Gasteiger partial charge on any atom is -0.346 e. The van der Waals surface area contributed by atoms with E-state index < -0.39 is 5.41 Å². The molecule has 2 aromatic rings. The Hall–Kier alpha value is -2.28. The SMILES string of the molecule is CCC(CC)(CN)C(=O)NCc1nc(-c2ccncc2)no1. The number of nitrogens with two attached hydrogens (primary N) is 1. The molecular weight excluding hydrogens is 282 g/mol. The van der Waals surface area contributed by atoms with Gasteiger partial charge in [-0.1, -0.05) is 19.0 Å². The summed E-state index contributed by atoms with van der Waals surface area (Å²) < 4.78 is 5.16. The van der Waals surface area contributed by atoms with Crippen LogP contribution in [-0.2, 0) is 11.3 Å². The van der Waals surface area contributed by atoms with Crippen LogP contribution in [0.3, 0.4) is 0 Å². The lowest BCUT2D eigenvalue weighted by molar-refractivity contribution is -0.131. The summed E-state index contributed by atoms with van der Waals surface area (Å²) in [6.07, 6.45) is 4.70. The van der Waals surface area contributed by atoms with Gasteiger partial charge >= 0.3 is 0 Å². The summed E-state index contributed by atoms with van der Waals surface area (Å²) in [5.41, 5.74) is 6.04. The molecule has 0 aliphatic carbocycles. The van der Waals surface area contributed by atoms with Gasteiger partial charge in [0.25, 0.3) is 0 Å². The Morgan fingerprint density at radius 3 is 2.59 bits per heavy atom. The molecule has 0 aromatic carbocycles. The Kier molecular flexibility index (Phi) is 5.21. The van der Waals surface area contributed by atoms with Crippen molar-refractivity contribution in [3.63, 3.8) is 0 Å². The Morgan fingerprint density at radius 1 is 1.32 bits per heavy atom. The number of carbonyl (C=O) groups is 1. The maximum atomic E-state index is 12.3. The molecule has 0 aliphatic heterocycles. The van der Waals surface area contributed by atoms with Gasteiger partial charge in [-0.15, -0.1) is 0 Å². The van der Waals surface area contributed by atoms with Gasteiger partial charge in [0.05, 0.1) is 12.0 Å². The van der Waals surface area contributed by atoms with E-state index in [0.29, 0.717) is 31.1 Å². The van der Waals surface area contributed by atoms with Crippen LogP contribution in [0.2, 0.25) is 0 Å². The first-order valence-corrected chi connectivity index (χ1v) is 7.36. The fourth-order valence-corrected chi connectivity index (χ4v) is 2.24. The molecule has 7 nitrogen and oxygen atoms in total. The summed E-state index contributed by atoms with van der Waals surface area (Å²) in [6, 6.07) is 3.58. The van der Waals surface area contributed by atoms with E-state index in [0.717, 1.165) is 5.56 Å². The number of aromatic nitrogens is 3. The largest absolute Gasteiger partial charge is 0.346 e. The van der Waals surface area contributed by atoms with Crippen LogP contribution in [0, 0.1) is 5.41 Å². The highest BCUT2D eigenvalue weighted by Gasteiger charge is 2.33. The molecule has 2 aromatic heterocycles. The predicted molar refractivity (Wildman–Crippen MR) is 81.4 cm³/mol. The van der Waals surface area contributed by atoms with Gasteiger partial charge in [-0.2, -0.15) is 4.98 Å². The fourth-order valence-electron chi connectivity index (χ4n) is 2.24. The summed E-state index contributed by atoms with van der Waals surface area (Å²) >= 11 is 0. The third kappa shape index (κ3) is 3.30. The number of carbonyl (C=O) groups excluding carboxylic acids is 1. The molecule has 7 heteroatoms. The van der Waals surface area contributed by atoms with E-state index in [9.17, 15) is 4.79 Å². The van der Waals surface area contributed by atoms with Crippen molar-refractivity contribution < 1.29 is 9.32 Å². The zero-order valence-electron chi connectivity index (χ0n) is 12.9. The molecular formula is C15H21N5O2. The Morgan fingerprint density at radius 2 is 2.00 bits per heavy atom. The van der Waals surface area contributed by atoms with Gasteiger partial charge in [-0.25, -0.2) is 0 Å². The second-order valence-corrected chi connectivity index (χ2v) is 5.12. The van der Waals surface area contributed by atoms with E-state index in [1.54, 1.807) is 24.5 Å². The molecule has 0 atom stereocenters. The molecule has 1 amide bonds. The molecule has 0 bridgehead atoms. The Bertz CT molecular complexity index is 599. The monoisotopic (exact) mass is 303 g/mol. The minimum atomic E-state index is -0.534. The van der Waals surface area contributed by atoms with Gasteiger partial charge in [0, 0.05) is 24.5 Å². The normalized spacial score (nSPS) is 11.4. The quantitative estimate of drug-likeness (QED) is 0.803. The number of nitrogens with zero attached hydrogens (tertiary/aromatic N) is 3. The van der Waals surface area contributed by atoms with Crippen LogP contribution in [0.25, 0.3) is 11.4 Å². The molecule has 0 unspecified atom stereocenters. The maximum absolute atomic E-state index is 12.3. The maximum Gasteiger partial charge on any atom is 0.246 e. The summed E-state index contributed by atoms with van der Waals surface area (Å²) in [4.78, 5) is 20.5. The minimum absolute atomic E-state index is 0.0799. The molecule has 0 saturated carbocycles. The first-order valence-electron chi connectivity index (χ1n) is 7.36. The van der Waals surface area contributed by atoms with Crippen LogP contribution >= 0.6 is 0 Å². The van der Waals surface area contributed by atoms with Gasteiger partial charge in [-0.05, 0) is 25.0 Å². The Labute approximate surface area is 129 Å². The number of nitrogens with one attached hydrogen (secondary N) is 1. The highest BCUT2D eigenvalue weighted by atomic mass is 16.5. The smallest absolute Gasteiger partial charge is 0.246 e. The van der Waals surface area contributed by atoms with Crippen molar-refractivity contribution in [2.75, 3.05) is 6.54 Å².